The highest BCUT2D eigenvalue weighted by atomic mass is 19.4. The topological polar surface area (TPSA) is 45.0 Å². The zero-order valence-electron chi connectivity index (χ0n) is 9.85. The Morgan fingerprint density at radius 1 is 1.38 bits per heavy atom. The number of nitrogens with zero attached hydrogens (tertiary/aromatic N) is 1. The first-order valence-electron chi connectivity index (χ1n) is 4.97. The molecule has 0 bridgehead atoms. The molecule has 0 aliphatic rings. The van der Waals surface area contributed by atoms with E-state index >= 15 is 0 Å². The van der Waals surface area contributed by atoms with Crippen LogP contribution in [0.3, 0.4) is 0 Å². The SMILES string of the molecule is CNC(C)(C#N)CC(C)OC(C)C(F)(F)F. The summed E-state index contributed by atoms with van der Waals surface area (Å²) < 4.78 is 41.4. The first-order chi connectivity index (χ1) is 7.14. The molecule has 0 heterocycles. The summed E-state index contributed by atoms with van der Waals surface area (Å²) in [5.74, 6) is 0. The Labute approximate surface area is 93.6 Å². The third-order valence-electron chi connectivity index (χ3n) is 2.39. The normalized spacial score (nSPS) is 19.6. The lowest BCUT2D eigenvalue weighted by molar-refractivity contribution is -0.226. The van der Waals surface area contributed by atoms with E-state index in [0.29, 0.717) is 0 Å². The van der Waals surface area contributed by atoms with Crippen LogP contribution in [-0.2, 0) is 4.74 Å². The Balaban J connectivity index is 4.30. The minimum atomic E-state index is -4.36. The van der Waals surface area contributed by atoms with Crippen molar-refractivity contribution < 1.29 is 17.9 Å². The number of nitrogens with one attached hydrogen (secondary N) is 1. The molecule has 0 amide bonds. The van der Waals surface area contributed by atoms with E-state index in [0.717, 1.165) is 6.92 Å². The maximum absolute atomic E-state index is 12.2. The second-order valence-corrected chi connectivity index (χ2v) is 4.03. The molecule has 0 radical (unpaired) electrons. The van der Waals surface area contributed by atoms with Crippen molar-refractivity contribution in [3.8, 4) is 6.07 Å². The monoisotopic (exact) mass is 238 g/mol. The highest BCUT2D eigenvalue weighted by Gasteiger charge is 2.38. The van der Waals surface area contributed by atoms with Crippen molar-refractivity contribution >= 4 is 0 Å². The molecule has 3 nitrogen and oxygen atoms in total. The molecule has 0 aromatic rings. The lowest BCUT2D eigenvalue weighted by Gasteiger charge is -2.27. The maximum Gasteiger partial charge on any atom is 0.414 e. The van der Waals surface area contributed by atoms with Crippen LogP contribution < -0.4 is 5.32 Å². The molecule has 0 spiro atoms. The lowest BCUT2D eigenvalue weighted by atomic mass is 9.97. The largest absolute Gasteiger partial charge is 0.414 e. The van der Waals surface area contributed by atoms with E-state index in [1.54, 1.807) is 14.0 Å². The third kappa shape index (κ3) is 4.81. The molecular weight excluding hydrogens is 221 g/mol. The summed E-state index contributed by atoms with van der Waals surface area (Å²) in [6.07, 6.45) is -6.63. The van der Waals surface area contributed by atoms with Crippen molar-refractivity contribution in [2.45, 2.75) is 51.1 Å². The van der Waals surface area contributed by atoms with E-state index in [4.69, 9.17) is 10.00 Å². The molecule has 0 aliphatic heterocycles. The quantitative estimate of drug-likeness (QED) is 0.798. The van der Waals surface area contributed by atoms with Crippen molar-refractivity contribution in [2.75, 3.05) is 7.05 Å². The van der Waals surface area contributed by atoms with Gasteiger partial charge in [-0.3, -0.25) is 0 Å². The fourth-order valence-corrected chi connectivity index (χ4v) is 1.25. The average Bonchev–Trinajstić information content (AvgIpc) is 2.15. The smallest absolute Gasteiger partial charge is 0.366 e. The number of hydrogen-bond acceptors (Lipinski definition) is 3. The highest BCUT2D eigenvalue weighted by Crippen LogP contribution is 2.25. The number of ether oxygens (including phenoxy) is 1. The van der Waals surface area contributed by atoms with Gasteiger partial charge in [-0.15, -0.1) is 0 Å². The van der Waals surface area contributed by atoms with Gasteiger partial charge in [-0.2, -0.15) is 18.4 Å². The fourth-order valence-electron chi connectivity index (χ4n) is 1.25. The molecule has 0 aromatic heterocycles. The van der Waals surface area contributed by atoms with Gasteiger partial charge in [0.05, 0.1) is 12.2 Å². The van der Waals surface area contributed by atoms with Crippen molar-refractivity contribution in [1.82, 2.24) is 5.32 Å². The summed E-state index contributed by atoms with van der Waals surface area (Å²) in [5, 5.41) is 11.6. The summed E-state index contributed by atoms with van der Waals surface area (Å²) in [6.45, 7) is 4.10. The zero-order valence-corrected chi connectivity index (χ0v) is 9.85. The van der Waals surface area contributed by atoms with Gasteiger partial charge in [0.1, 0.15) is 5.54 Å². The van der Waals surface area contributed by atoms with Crippen LogP contribution >= 0.6 is 0 Å². The van der Waals surface area contributed by atoms with Gasteiger partial charge in [-0.25, -0.2) is 0 Å². The van der Waals surface area contributed by atoms with Crippen LogP contribution in [0.5, 0.6) is 0 Å². The zero-order chi connectivity index (χ0) is 13.0. The van der Waals surface area contributed by atoms with Crippen molar-refractivity contribution in [3.63, 3.8) is 0 Å². The second kappa shape index (κ2) is 5.51. The molecule has 3 unspecified atom stereocenters. The Kier molecular flexibility index (Phi) is 5.23. The number of alkyl halides is 3. The molecule has 94 valence electrons. The van der Waals surface area contributed by atoms with Gasteiger partial charge < -0.3 is 10.1 Å². The number of hydrogen-bond donors (Lipinski definition) is 1. The molecule has 16 heavy (non-hydrogen) atoms. The van der Waals surface area contributed by atoms with E-state index in [9.17, 15) is 13.2 Å². The summed E-state index contributed by atoms with van der Waals surface area (Å²) in [7, 11) is 1.59. The van der Waals surface area contributed by atoms with Crippen molar-refractivity contribution in [3.05, 3.63) is 0 Å². The van der Waals surface area contributed by atoms with Gasteiger partial charge >= 0.3 is 6.18 Å². The van der Waals surface area contributed by atoms with E-state index in [-0.39, 0.29) is 6.42 Å². The predicted molar refractivity (Wildman–Crippen MR) is 53.8 cm³/mol. The van der Waals surface area contributed by atoms with Crippen LogP contribution in [0.2, 0.25) is 0 Å². The second-order valence-electron chi connectivity index (χ2n) is 4.03. The van der Waals surface area contributed by atoms with Crippen LogP contribution in [0.25, 0.3) is 0 Å². The van der Waals surface area contributed by atoms with E-state index < -0.39 is 23.9 Å². The molecule has 0 rings (SSSR count). The fraction of sp³-hybridized carbons (Fsp3) is 0.900. The number of nitriles is 1. The van der Waals surface area contributed by atoms with Crippen LogP contribution in [0.4, 0.5) is 13.2 Å². The van der Waals surface area contributed by atoms with Crippen molar-refractivity contribution in [2.24, 2.45) is 0 Å². The molecule has 0 saturated heterocycles. The minimum Gasteiger partial charge on any atom is -0.366 e. The van der Waals surface area contributed by atoms with Crippen LogP contribution in [0.15, 0.2) is 0 Å². The van der Waals surface area contributed by atoms with Gasteiger partial charge in [0.15, 0.2) is 6.10 Å². The van der Waals surface area contributed by atoms with Gasteiger partial charge in [0.2, 0.25) is 0 Å². The molecule has 0 saturated carbocycles. The van der Waals surface area contributed by atoms with Gasteiger partial charge in [-0.05, 0) is 27.8 Å². The summed E-state index contributed by atoms with van der Waals surface area (Å²) in [4.78, 5) is 0. The van der Waals surface area contributed by atoms with Crippen molar-refractivity contribution in [1.29, 1.82) is 5.26 Å². The third-order valence-corrected chi connectivity index (χ3v) is 2.39. The van der Waals surface area contributed by atoms with Crippen LogP contribution in [-0.4, -0.2) is 31.0 Å². The maximum atomic E-state index is 12.2. The van der Waals surface area contributed by atoms with Gasteiger partial charge in [-0.1, -0.05) is 0 Å². The average molecular weight is 238 g/mol. The molecule has 0 aliphatic carbocycles. The van der Waals surface area contributed by atoms with E-state index in [1.165, 1.54) is 6.92 Å². The molecule has 0 fully saturated rings. The van der Waals surface area contributed by atoms with Crippen LogP contribution in [0.1, 0.15) is 27.2 Å². The minimum absolute atomic E-state index is 0.195. The molecular formula is C10H17F3N2O. The summed E-state index contributed by atoms with van der Waals surface area (Å²) >= 11 is 0. The molecule has 6 heteroatoms. The predicted octanol–water partition coefficient (Wildman–Crippen LogP) is 2.23. The molecule has 3 atom stereocenters. The van der Waals surface area contributed by atoms with Gasteiger partial charge in [0, 0.05) is 6.42 Å². The summed E-state index contributed by atoms with van der Waals surface area (Å²) in [6, 6.07) is 2.00. The van der Waals surface area contributed by atoms with E-state index in [2.05, 4.69) is 5.32 Å². The summed E-state index contributed by atoms with van der Waals surface area (Å²) in [5.41, 5.74) is -0.870. The number of halogens is 3. The van der Waals surface area contributed by atoms with Gasteiger partial charge in [0.25, 0.3) is 0 Å². The van der Waals surface area contributed by atoms with Crippen LogP contribution in [0, 0.1) is 11.3 Å². The number of rotatable bonds is 5. The first kappa shape index (κ1) is 15.2. The lowest BCUT2D eigenvalue weighted by Crippen LogP contribution is -2.43. The Morgan fingerprint density at radius 2 is 1.88 bits per heavy atom. The standard InChI is InChI=1S/C10H17F3N2O/c1-7(5-9(3,6-14)15-4)16-8(2)10(11,12)13/h7-8,15H,5H2,1-4H3. The highest BCUT2D eigenvalue weighted by molar-refractivity contribution is 5.03. The molecule has 1 N–H and O–H groups in total. The Morgan fingerprint density at radius 3 is 2.19 bits per heavy atom. The Hall–Kier alpha value is -0.800. The first-order valence-corrected chi connectivity index (χ1v) is 4.97. The Bertz CT molecular complexity index is 262. The molecule has 0 aromatic carbocycles. The van der Waals surface area contributed by atoms with E-state index in [1.807, 2.05) is 6.07 Å².